The summed E-state index contributed by atoms with van der Waals surface area (Å²) in [7, 11) is 0. The van der Waals surface area contributed by atoms with Gasteiger partial charge in [0.25, 0.3) is 0 Å². The van der Waals surface area contributed by atoms with Gasteiger partial charge in [-0.1, -0.05) is 23.4 Å². The van der Waals surface area contributed by atoms with Gasteiger partial charge >= 0.3 is 0 Å². The van der Waals surface area contributed by atoms with E-state index in [-0.39, 0.29) is 5.91 Å². The number of fused-ring (bicyclic) bond motifs is 1. The van der Waals surface area contributed by atoms with Gasteiger partial charge in [-0.25, -0.2) is 14.6 Å². The molecule has 0 spiro atoms. The molecule has 0 N–H and O–H groups in total. The lowest BCUT2D eigenvalue weighted by atomic mass is 10.3. The van der Waals surface area contributed by atoms with Gasteiger partial charge in [0.1, 0.15) is 11.4 Å². The van der Waals surface area contributed by atoms with Crippen LogP contribution in [0.4, 0.5) is 0 Å². The molecule has 1 aliphatic heterocycles. The van der Waals surface area contributed by atoms with E-state index < -0.39 is 0 Å². The Labute approximate surface area is 159 Å². The Morgan fingerprint density at radius 2 is 1.96 bits per heavy atom. The van der Waals surface area contributed by atoms with Gasteiger partial charge in [-0.15, -0.1) is 0 Å². The maximum atomic E-state index is 12.3. The number of hydrogen-bond donors (Lipinski definition) is 0. The van der Waals surface area contributed by atoms with Crippen molar-refractivity contribution in [3.63, 3.8) is 0 Å². The van der Waals surface area contributed by atoms with E-state index in [1.54, 1.807) is 10.9 Å². The second-order valence-corrected chi connectivity index (χ2v) is 7.13. The van der Waals surface area contributed by atoms with Crippen LogP contribution in [0, 0.1) is 0 Å². The van der Waals surface area contributed by atoms with Gasteiger partial charge in [0, 0.05) is 18.1 Å². The minimum atomic E-state index is 0.0927. The third-order valence-corrected chi connectivity index (χ3v) is 5.34. The van der Waals surface area contributed by atoms with Crippen molar-refractivity contribution in [1.29, 1.82) is 0 Å². The molecule has 1 amide bonds. The van der Waals surface area contributed by atoms with E-state index >= 15 is 0 Å². The summed E-state index contributed by atoms with van der Waals surface area (Å²) in [5, 5.41) is 6.65. The topological polar surface area (TPSA) is 73.1 Å². The fraction of sp³-hybridized carbons (Fsp3) is 0.294. The summed E-state index contributed by atoms with van der Waals surface area (Å²) in [4.78, 5) is 22.8. The Kier molecular flexibility index (Phi) is 5.05. The Morgan fingerprint density at radius 3 is 2.73 bits per heavy atom. The zero-order chi connectivity index (χ0) is 17.9. The van der Waals surface area contributed by atoms with Gasteiger partial charge in [-0.05, 0) is 24.3 Å². The number of morpholine rings is 1. The molecule has 1 aromatic carbocycles. The SMILES string of the molecule is O=C(CSc1ncnc2c1cnn2-c1ccc(Cl)cc1)N1CCOCC1. The number of benzene rings is 1. The van der Waals surface area contributed by atoms with Crippen LogP contribution in [0.15, 0.2) is 41.8 Å². The number of hydrogen-bond acceptors (Lipinski definition) is 6. The number of rotatable bonds is 4. The fourth-order valence-corrected chi connectivity index (χ4v) is 3.73. The van der Waals surface area contributed by atoms with Crippen LogP contribution in [0.3, 0.4) is 0 Å². The summed E-state index contributed by atoms with van der Waals surface area (Å²) in [6.07, 6.45) is 3.23. The zero-order valence-corrected chi connectivity index (χ0v) is 15.4. The van der Waals surface area contributed by atoms with Crippen molar-refractivity contribution in [3.05, 3.63) is 41.8 Å². The van der Waals surface area contributed by atoms with Crippen LogP contribution in [0.2, 0.25) is 5.02 Å². The first kappa shape index (κ1) is 17.3. The average molecular weight is 390 g/mol. The molecule has 1 saturated heterocycles. The third-order valence-electron chi connectivity index (χ3n) is 4.10. The molecular weight excluding hydrogens is 374 g/mol. The number of nitrogens with zero attached hydrogens (tertiary/aromatic N) is 5. The Hall–Kier alpha value is -2.16. The summed E-state index contributed by atoms with van der Waals surface area (Å²) in [6.45, 7) is 2.49. The van der Waals surface area contributed by atoms with E-state index in [1.807, 2.05) is 29.2 Å². The molecule has 1 aliphatic rings. The maximum Gasteiger partial charge on any atom is 0.233 e. The predicted octanol–water partition coefficient (Wildman–Crippen LogP) is 2.42. The van der Waals surface area contributed by atoms with Gasteiger partial charge in [-0.2, -0.15) is 5.10 Å². The molecule has 0 bridgehead atoms. The van der Waals surface area contributed by atoms with E-state index in [2.05, 4.69) is 15.1 Å². The molecule has 7 nitrogen and oxygen atoms in total. The van der Waals surface area contributed by atoms with Crippen LogP contribution in [0.1, 0.15) is 0 Å². The van der Waals surface area contributed by atoms with E-state index in [0.717, 1.165) is 16.1 Å². The van der Waals surface area contributed by atoms with Crippen molar-refractivity contribution in [3.8, 4) is 5.69 Å². The zero-order valence-electron chi connectivity index (χ0n) is 13.8. The smallest absolute Gasteiger partial charge is 0.233 e. The summed E-state index contributed by atoms with van der Waals surface area (Å²) in [5.74, 6) is 0.424. The van der Waals surface area contributed by atoms with Crippen molar-refractivity contribution in [2.24, 2.45) is 0 Å². The monoisotopic (exact) mass is 389 g/mol. The molecule has 0 radical (unpaired) electrons. The van der Waals surface area contributed by atoms with Crippen molar-refractivity contribution < 1.29 is 9.53 Å². The summed E-state index contributed by atoms with van der Waals surface area (Å²) in [5.41, 5.74) is 1.56. The summed E-state index contributed by atoms with van der Waals surface area (Å²) < 4.78 is 7.02. The highest BCUT2D eigenvalue weighted by molar-refractivity contribution is 8.00. The van der Waals surface area contributed by atoms with Gasteiger partial charge in [0.05, 0.1) is 36.2 Å². The van der Waals surface area contributed by atoms with E-state index in [9.17, 15) is 4.79 Å². The largest absolute Gasteiger partial charge is 0.378 e. The van der Waals surface area contributed by atoms with Crippen LogP contribution >= 0.6 is 23.4 Å². The van der Waals surface area contributed by atoms with Crippen molar-refractivity contribution in [2.45, 2.75) is 5.03 Å². The number of amides is 1. The highest BCUT2D eigenvalue weighted by Gasteiger charge is 2.18. The molecule has 9 heteroatoms. The molecule has 3 heterocycles. The summed E-state index contributed by atoms with van der Waals surface area (Å²) in [6, 6.07) is 7.38. The first-order valence-corrected chi connectivity index (χ1v) is 9.52. The van der Waals surface area contributed by atoms with Crippen molar-refractivity contribution in [2.75, 3.05) is 32.1 Å². The minimum absolute atomic E-state index is 0.0927. The van der Waals surface area contributed by atoms with Crippen LogP contribution in [-0.4, -0.2) is 62.6 Å². The predicted molar refractivity (Wildman–Crippen MR) is 99.8 cm³/mol. The van der Waals surface area contributed by atoms with Gasteiger partial charge < -0.3 is 9.64 Å². The average Bonchev–Trinajstić information content (AvgIpc) is 3.12. The maximum absolute atomic E-state index is 12.3. The molecular formula is C17H16ClN5O2S. The highest BCUT2D eigenvalue weighted by Crippen LogP contribution is 2.26. The normalized spacial score (nSPS) is 14.7. The first-order chi connectivity index (χ1) is 12.7. The number of carbonyl (C=O) groups is 1. The van der Waals surface area contributed by atoms with Gasteiger partial charge in [0.15, 0.2) is 5.65 Å². The van der Waals surface area contributed by atoms with Crippen LogP contribution in [-0.2, 0) is 9.53 Å². The molecule has 0 atom stereocenters. The standard InChI is InChI=1S/C17H16ClN5O2S/c18-12-1-3-13(4-2-12)23-16-14(9-21-23)17(20-11-19-16)26-10-15(24)22-5-7-25-8-6-22/h1-4,9,11H,5-8,10H2. The van der Waals surface area contributed by atoms with Crippen LogP contribution in [0.5, 0.6) is 0 Å². The molecule has 3 aromatic rings. The van der Waals surface area contributed by atoms with E-state index in [1.165, 1.54) is 18.1 Å². The second-order valence-electron chi connectivity index (χ2n) is 5.73. The Balaban J connectivity index is 1.55. The summed E-state index contributed by atoms with van der Waals surface area (Å²) >= 11 is 7.35. The van der Waals surface area contributed by atoms with Gasteiger partial charge in [0.2, 0.25) is 5.91 Å². The molecule has 26 heavy (non-hydrogen) atoms. The second kappa shape index (κ2) is 7.61. The molecule has 0 aliphatic carbocycles. The minimum Gasteiger partial charge on any atom is -0.378 e. The van der Waals surface area contributed by atoms with Crippen molar-refractivity contribution >= 4 is 40.3 Å². The lowest BCUT2D eigenvalue weighted by Crippen LogP contribution is -2.41. The highest BCUT2D eigenvalue weighted by atomic mass is 35.5. The first-order valence-electron chi connectivity index (χ1n) is 8.15. The van der Waals surface area contributed by atoms with E-state index in [4.69, 9.17) is 16.3 Å². The van der Waals surface area contributed by atoms with Crippen LogP contribution in [0.25, 0.3) is 16.7 Å². The molecule has 134 valence electrons. The number of ether oxygens (including phenoxy) is 1. The molecule has 4 rings (SSSR count). The molecule has 0 saturated carbocycles. The molecule has 0 unspecified atom stereocenters. The Morgan fingerprint density at radius 1 is 1.19 bits per heavy atom. The number of carbonyl (C=O) groups excluding carboxylic acids is 1. The fourth-order valence-electron chi connectivity index (χ4n) is 2.74. The molecule has 1 fully saturated rings. The number of aromatic nitrogens is 4. The van der Waals surface area contributed by atoms with Crippen molar-refractivity contribution in [1.82, 2.24) is 24.6 Å². The quantitative estimate of drug-likeness (QED) is 0.504. The van der Waals surface area contributed by atoms with Gasteiger partial charge in [-0.3, -0.25) is 4.79 Å². The third kappa shape index (κ3) is 3.53. The Bertz CT molecular complexity index is 925. The number of halogens is 1. The van der Waals surface area contributed by atoms with Crippen LogP contribution < -0.4 is 0 Å². The number of thioether (sulfide) groups is 1. The molecule has 2 aromatic heterocycles. The van der Waals surface area contributed by atoms with E-state index in [0.29, 0.717) is 42.7 Å². The lowest BCUT2D eigenvalue weighted by molar-refractivity contribution is -0.132. The lowest BCUT2D eigenvalue weighted by Gasteiger charge is -2.26.